The van der Waals surface area contributed by atoms with Gasteiger partial charge in [-0.05, 0) is 59.2 Å². The van der Waals surface area contributed by atoms with E-state index < -0.39 is 33.1 Å². The summed E-state index contributed by atoms with van der Waals surface area (Å²) in [6, 6.07) is 19.4. The number of primary sulfonamides is 1. The Morgan fingerprint density at radius 3 is 2.09 bits per heavy atom. The van der Waals surface area contributed by atoms with Crippen LogP contribution in [-0.2, 0) is 27.4 Å². The number of hydrogen-bond acceptors (Lipinski definition) is 4. The quantitative estimate of drug-likeness (QED) is 0.400. The van der Waals surface area contributed by atoms with Crippen molar-refractivity contribution in [3.63, 3.8) is 0 Å². The van der Waals surface area contributed by atoms with Gasteiger partial charge in [0, 0.05) is 11.1 Å². The molecular weight excluding hydrogens is 487 g/mol. The Balaban J connectivity index is 2.15. The van der Waals surface area contributed by atoms with Crippen LogP contribution in [0.1, 0.15) is 5.69 Å². The molecule has 0 amide bonds. The SMILES string of the molecule is C[S+]([O-])c1ccc(-c2c(C(F)(F)F)nn(-c3ccccc3)c2-c2ccccc2S(N)(=O)=O)cc1. The van der Waals surface area contributed by atoms with Gasteiger partial charge >= 0.3 is 6.18 Å². The van der Waals surface area contributed by atoms with Crippen molar-refractivity contribution in [3.05, 3.63) is 84.6 Å². The highest BCUT2D eigenvalue weighted by Crippen LogP contribution is 2.44. The first-order valence-corrected chi connectivity index (χ1v) is 12.9. The molecule has 0 saturated carbocycles. The van der Waals surface area contributed by atoms with E-state index in [0.717, 1.165) is 4.68 Å². The summed E-state index contributed by atoms with van der Waals surface area (Å²) in [5.41, 5.74) is -1.21. The highest BCUT2D eigenvalue weighted by atomic mass is 32.2. The zero-order valence-corrected chi connectivity index (χ0v) is 19.3. The van der Waals surface area contributed by atoms with Crippen molar-refractivity contribution in [2.75, 3.05) is 6.26 Å². The van der Waals surface area contributed by atoms with E-state index in [-0.39, 0.29) is 27.3 Å². The maximum Gasteiger partial charge on any atom is 0.435 e. The lowest BCUT2D eigenvalue weighted by molar-refractivity contribution is -0.140. The minimum Gasteiger partial charge on any atom is -0.612 e. The molecule has 2 N–H and O–H groups in total. The zero-order valence-electron chi connectivity index (χ0n) is 17.7. The molecule has 1 unspecified atom stereocenters. The number of sulfonamides is 1. The van der Waals surface area contributed by atoms with Crippen LogP contribution in [0.25, 0.3) is 28.1 Å². The molecule has 0 saturated heterocycles. The van der Waals surface area contributed by atoms with E-state index >= 15 is 0 Å². The topological polar surface area (TPSA) is 101 Å². The number of aromatic nitrogens is 2. The van der Waals surface area contributed by atoms with Gasteiger partial charge in [-0.2, -0.15) is 18.3 Å². The monoisotopic (exact) mass is 505 g/mol. The fraction of sp³-hybridized carbons (Fsp3) is 0.0870. The predicted molar refractivity (Wildman–Crippen MR) is 123 cm³/mol. The average molecular weight is 506 g/mol. The molecule has 3 aromatic carbocycles. The van der Waals surface area contributed by atoms with E-state index in [1.165, 1.54) is 54.8 Å². The zero-order chi connectivity index (χ0) is 24.7. The molecule has 0 aliphatic heterocycles. The molecule has 0 aliphatic carbocycles. The Bertz CT molecular complexity index is 1430. The molecule has 1 aromatic heterocycles. The predicted octanol–water partition coefficient (Wildman–Crippen LogP) is 4.61. The molecule has 34 heavy (non-hydrogen) atoms. The number of alkyl halides is 3. The average Bonchev–Trinajstić information content (AvgIpc) is 3.20. The van der Waals surface area contributed by atoms with Gasteiger partial charge in [-0.3, -0.25) is 0 Å². The molecular formula is C23H18F3N3O3S2. The Labute approximate surface area is 197 Å². The van der Waals surface area contributed by atoms with Crippen LogP contribution < -0.4 is 5.14 Å². The van der Waals surface area contributed by atoms with Crippen LogP contribution in [0.2, 0.25) is 0 Å². The van der Waals surface area contributed by atoms with Crippen LogP contribution in [0.3, 0.4) is 0 Å². The summed E-state index contributed by atoms with van der Waals surface area (Å²) in [7, 11) is -4.29. The van der Waals surface area contributed by atoms with Crippen molar-refractivity contribution in [2.45, 2.75) is 16.0 Å². The number of halogens is 3. The molecule has 4 aromatic rings. The molecule has 176 valence electrons. The number of hydrogen-bond donors (Lipinski definition) is 1. The van der Waals surface area contributed by atoms with Crippen LogP contribution in [0.5, 0.6) is 0 Å². The summed E-state index contributed by atoms with van der Waals surface area (Å²) in [5, 5.41) is 9.29. The van der Waals surface area contributed by atoms with Crippen molar-refractivity contribution >= 4 is 21.2 Å². The molecule has 0 radical (unpaired) electrons. The van der Waals surface area contributed by atoms with Crippen LogP contribution in [0.15, 0.2) is 88.7 Å². The summed E-state index contributed by atoms with van der Waals surface area (Å²) in [6.07, 6.45) is -3.40. The van der Waals surface area contributed by atoms with Gasteiger partial charge in [0.1, 0.15) is 6.26 Å². The third-order valence-electron chi connectivity index (χ3n) is 5.08. The van der Waals surface area contributed by atoms with Crippen LogP contribution in [-0.4, -0.2) is 29.0 Å². The lowest BCUT2D eigenvalue weighted by Crippen LogP contribution is -2.14. The van der Waals surface area contributed by atoms with Crippen LogP contribution in [0, 0.1) is 0 Å². The second-order valence-corrected chi connectivity index (χ2v) is 10.2. The van der Waals surface area contributed by atoms with E-state index in [9.17, 15) is 26.1 Å². The summed E-state index contributed by atoms with van der Waals surface area (Å²) in [4.78, 5) is 0.0904. The highest BCUT2D eigenvalue weighted by molar-refractivity contribution is 7.90. The largest absolute Gasteiger partial charge is 0.612 e. The fourth-order valence-corrected chi connectivity index (χ4v) is 4.88. The minimum atomic E-state index is -4.85. The summed E-state index contributed by atoms with van der Waals surface area (Å²) in [5.74, 6) is 0. The van der Waals surface area contributed by atoms with Gasteiger partial charge in [-0.1, -0.05) is 36.4 Å². The summed E-state index contributed by atoms with van der Waals surface area (Å²) < 4.78 is 80.2. The molecule has 4 rings (SSSR count). The highest BCUT2D eigenvalue weighted by Gasteiger charge is 2.41. The first-order valence-electron chi connectivity index (χ1n) is 9.80. The Kier molecular flexibility index (Phi) is 6.30. The van der Waals surface area contributed by atoms with Crippen LogP contribution in [0.4, 0.5) is 13.2 Å². The lowest BCUT2D eigenvalue weighted by Gasteiger charge is -2.14. The van der Waals surface area contributed by atoms with Gasteiger partial charge in [0.05, 0.1) is 16.3 Å². The van der Waals surface area contributed by atoms with Crippen molar-refractivity contribution in [1.29, 1.82) is 0 Å². The van der Waals surface area contributed by atoms with Gasteiger partial charge in [0.25, 0.3) is 0 Å². The summed E-state index contributed by atoms with van der Waals surface area (Å²) >= 11 is -1.34. The molecule has 11 heteroatoms. The van der Waals surface area contributed by atoms with E-state index in [4.69, 9.17) is 5.14 Å². The number of nitrogens with zero attached hydrogens (tertiary/aromatic N) is 2. The Hall–Kier alpha value is -3.12. The smallest absolute Gasteiger partial charge is 0.435 e. The first kappa shape index (κ1) is 24.0. The maximum absolute atomic E-state index is 14.2. The van der Waals surface area contributed by atoms with Crippen molar-refractivity contribution in [3.8, 4) is 28.1 Å². The van der Waals surface area contributed by atoms with Crippen LogP contribution >= 0.6 is 0 Å². The molecule has 0 spiro atoms. The molecule has 0 fully saturated rings. The van der Waals surface area contributed by atoms with E-state index in [2.05, 4.69) is 5.10 Å². The standard InChI is InChI=1S/C23H18F3N3O3S2/c1-33(30)17-13-11-15(12-14-17)20-21(18-9-5-6-10-19(18)34(27,31)32)29(16-7-3-2-4-8-16)28-22(20)23(24,25)26/h2-14H,1H3,(H2,27,31,32). The van der Waals surface area contributed by atoms with Gasteiger partial charge < -0.3 is 4.55 Å². The molecule has 0 aliphatic rings. The lowest BCUT2D eigenvalue weighted by atomic mass is 9.98. The van der Waals surface area contributed by atoms with E-state index in [0.29, 0.717) is 10.6 Å². The number of benzene rings is 3. The molecule has 1 atom stereocenters. The number of rotatable bonds is 5. The molecule has 6 nitrogen and oxygen atoms in total. The van der Waals surface area contributed by atoms with Crippen molar-refractivity contribution in [2.24, 2.45) is 5.14 Å². The Morgan fingerprint density at radius 1 is 0.941 bits per heavy atom. The van der Waals surface area contributed by atoms with Gasteiger partial charge in [0.2, 0.25) is 10.0 Å². The maximum atomic E-state index is 14.2. The first-order chi connectivity index (χ1) is 16.0. The Morgan fingerprint density at radius 2 is 1.53 bits per heavy atom. The van der Waals surface area contributed by atoms with E-state index in [1.54, 1.807) is 30.3 Å². The minimum absolute atomic E-state index is 0.0324. The molecule has 1 heterocycles. The van der Waals surface area contributed by atoms with Crippen molar-refractivity contribution in [1.82, 2.24) is 9.78 Å². The summed E-state index contributed by atoms with van der Waals surface area (Å²) in [6.45, 7) is 0. The normalized spacial score (nSPS) is 13.1. The van der Waals surface area contributed by atoms with Gasteiger partial charge in [-0.25, -0.2) is 18.2 Å². The number of nitrogens with two attached hydrogens (primary N) is 1. The fourth-order valence-electron chi connectivity index (χ4n) is 3.62. The second-order valence-electron chi connectivity index (χ2n) is 7.34. The molecule has 0 bridgehead atoms. The number of para-hydroxylation sites is 1. The third-order valence-corrected chi connectivity index (χ3v) is 6.98. The second kappa shape index (κ2) is 8.91. The third kappa shape index (κ3) is 4.60. The van der Waals surface area contributed by atoms with Gasteiger partial charge in [-0.15, -0.1) is 0 Å². The van der Waals surface area contributed by atoms with E-state index in [1.807, 2.05) is 0 Å². The van der Waals surface area contributed by atoms with Gasteiger partial charge in [0.15, 0.2) is 10.6 Å². The van der Waals surface area contributed by atoms with Crippen molar-refractivity contribution < 1.29 is 26.1 Å².